The van der Waals surface area contributed by atoms with E-state index in [4.69, 9.17) is 4.98 Å². The van der Waals surface area contributed by atoms with Crippen LogP contribution in [0.25, 0.3) is 12.4 Å². The standard InChI is InChI=1S/C17H19N5.C10H14O4.2BrH/c1-3-19-8-10-21(14-19)12-16-6-5-7-17(18-16)13-22-11-9-20(4-2)15-22;1-7(2)9(11)13-5-6-14-10(12)8(3)4;;/h3-11,14-15H,1-2,12-13H2;1,3,5-6H2,2,4H3;2*1H/q+2;;;/p-2. The van der Waals surface area contributed by atoms with Gasteiger partial charge in [-0.2, -0.15) is 0 Å². The van der Waals surface area contributed by atoms with Gasteiger partial charge in [0.25, 0.3) is 0 Å². The molecule has 0 saturated carbocycles. The molecule has 0 fully saturated rings. The number of aromatic nitrogens is 5. The quantitative estimate of drug-likeness (QED) is 0.0945. The lowest BCUT2D eigenvalue weighted by Crippen LogP contribution is -3.00. The zero-order valence-corrected chi connectivity index (χ0v) is 24.8. The number of imidazole rings is 2. The van der Waals surface area contributed by atoms with Crippen LogP contribution in [0.4, 0.5) is 0 Å². The predicted octanol–water partition coefficient (Wildman–Crippen LogP) is -3.21. The lowest BCUT2D eigenvalue weighted by Gasteiger charge is -2.05. The minimum atomic E-state index is -0.489. The first kappa shape index (κ1) is 34.4. The van der Waals surface area contributed by atoms with Crippen LogP contribution in [-0.2, 0) is 32.2 Å². The highest BCUT2D eigenvalue weighted by atomic mass is 79.9. The molecule has 9 nitrogen and oxygen atoms in total. The van der Waals surface area contributed by atoms with Gasteiger partial charge in [-0.05, 0) is 26.0 Å². The van der Waals surface area contributed by atoms with Crippen LogP contribution in [0, 0.1) is 0 Å². The van der Waals surface area contributed by atoms with Crippen LogP contribution in [0.5, 0.6) is 0 Å². The molecule has 204 valence electrons. The summed E-state index contributed by atoms with van der Waals surface area (Å²) in [4.78, 5) is 26.4. The van der Waals surface area contributed by atoms with Crippen LogP contribution in [0.2, 0.25) is 0 Å². The molecule has 0 aliphatic heterocycles. The van der Waals surface area contributed by atoms with Gasteiger partial charge in [0.1, 0.15) is 51.1 Å². The summed E-state index contributed by atoms with van der Waals surface area (Å²) in [6.45, 7) is 18.9. The molecule has 3 aromatic rings. The van der Waals surface area contributed by atoms with Crippen molar-refractivity contribution < 1.29 is 62.2 Å². The number of rotatable bonds is 11. The van der Waals surface area contributed by atoms with Gasteiger partial charge in [-0.3, -0.25) is 0 Å². The number of nitrogens with zero attached hydrogens (tertiary/aromatic N) is 5. The first-order valence-electron chi connectivity index (χ1n) is 11.2. The molecule has 0 amide bonds. The molecule has 0 spiro atoms. The third-order valence-electron chi connectivity index (χ3n) is 4.65. The molecule has 38 heavy (non-hydrogen) atoms. The van der Waals surface area contributed by atoms with Gasteiger partial charge in [0, 0.05) is 11.1 Å². The largest absolute Gasteiger partial charge is 1.00 e. The van der Waals surface area contributed by atoms with Gasteiger partial charge in [0.15, 0.2) is 0 Å². The van der Waals surface area contributed by atoms with Gasteiger partial charge in [0.2, 0.25) is 12.7 Å². The Labute approximate surface area is 244 Å². The van der Waals surface area contributed by atoms with E-state index in [1.165, 1.54) is 0 Å². The summed E-state index contributed by atoms with van der Waals surface area (Å²) < 4.78 is 17.4. The Morgan fingerprint density at radius 2 is 1.24 bits per heavy atom. The Morgan fingerprint density at radius 3 is 1.55 bits per heavy atom. The predicted molar refractivity (Wildman–Crippen MR) is 136 cm³/mol. The lowest BCUT2D eigenvalue weighted by molar-refractivity contribution is -0.689. The third-order valence-corrected chi connectivity index (χ3v) is 4.65. The van der Waals surface area contributed by atoms with Crippen LogP contribution < -0.4 is 43.1 Å². The van der Waals surface area contributed by atoms with E-state index in [9.17, 15) is 9.59 Å². The molecule has 0 N–H and O–H groups in total. The van der Waals surface area contributed by atoms with Crippen molar-refractivity contribution in [3.63, 3.8) is 0 Å². The summed E-state index contributed by atoms with van der Waals surface area (Å²) in [5.74, 6) is -0.979. The van der Waals surface area contributed by atoms with Gasteiger partial charge in [-0.25, -0.2) is 32.8 Å². The van der Waals surface area contributed by atoms with Gasteiger partial charge >= 0.3 is 11.9 Å². The number of hydrogen-bond donors (Lipinski definition) is 0. The van der Waals surface area contributed by atoms with Crippen LogP contribution >= 0.6 is 0 Å². The minimum Gasteiger partial charge on any atom is -1.00 e. The van der Waals surface area contributed by atoms with Crippen molar-refractivity contribution in [2.75, 3.05) is 13.2 Å². The summed E-state index contributed by atoms with van der Waals surface area (Å²) in [5, 5.41) is 0. The van der Waals surface area contributed by atoms with E-state index in [0.29, 0.717) is 11.1 Å². The summed E-state index contributed by atoms with van der Waals surface area (Å²) in [6.07, 6.45) is 15.4. The summed E-state index contributed by atoms with van der Waals surface area (Å²) in [7, 11) is 0. The summed E-state index contributed by atoms with van der Waals surface area (Å²) in [5.41, 5.74) is 2.70. The van der Waals surface area contributed by atoms with Gasteiger partial charge in [0.05, 0.1) is 23.8 Å². The maximum atomic E-state index is 10.8. The topological polar surface area (TPSA) is 83.1 Å². The molecule has 3 aromatic heterocycles. The summed E-state index contributed by atoms with van der Waals surface area (Å²) in [6, 6.07) is 6.14. The zero-order chi connectivity index (χ0) is 26.5. The number of hydrogen-bond acceptors (Lipinski definition) is 5. The molecular formula is C27H33Br2N5O4. The maximum absolute atomic E-state index is 10.8. The van der Waals surface area contributed by atoms with E-state index in [0.717, 1.165) is 24.5 Å². The van der Waals surface area contributed by atoms with Crippen molar-refractivity contribution >= 4 is 24.3 Å². The molecule has 3 rings (SSSR count). The van der Waals surface area contributed by atoms with E-state index in [-0.39, 0.29) is 47.2 Å². The average molecular weight is 651 g/mol. The van der Waals surface area contributed by atoms with Crippen molar-refractivity contribution in [1.29, 1.82) is 0 Å². The smallest absolute Gasteiger partial charge is 0.333 e. The van der Waals surface area contributed by atoms with E-state index in [1.807, 2.05) is 64.8 Å². The molecule has 0 unspecified atom stereocenters. The van der Waals surface area contributed by atoms with Crippen molar-refractivity contribution in [2.24, 2.45) is 0 Å². The van der Waals surface area contributed by atoms with E-state index < -0.39 is 11.9 Å². The monoisotopic (exact) mass is 649 g/mol. The fourth-order valence-corrected chi connectivity index (χ4v) is 2.82. The van der Waals surface area contributed by atoms with Gasteiger partial charge < -0.3 is 43.4 Å². The Hall–Kier alpha value is -3.57. The van der Waals surface area contributed by atoms with Crippen molar-refractivity contribution in [1.82, 2.24) is 14.1 Å². The van der Waals surface area contributed by atoms with E-state index >= 15 is 0 Å². The highest BCUT2D eigenvalue weighted by molar-refractivity contribution is 5.87. The third kappa shape index (κ3) is 12.1. The van der Waals surface area contributed by atoms with Crippen LogP contribution in [-0.4, -0.2) is 39.3 Å². The second-order valence-electron chi connectivity index (χ2n) is 7.88. The molecule has 0 atom stereocenters. The maximum Gasteiger partial charge on any atom is 0.333 e. The first-order chi connectivity index (χ1) is 17.2. The normalized spacial score (nSPS) is 9.42. The van der Waals surface area contributed by atoms with Crippen molar-refractivity contribution in [3.8, 4) is 0 Å². The van der Waals surface area contributed by atoms with Gasteiger partial charge in [-0.1, -0.05) is 32.4 Å². The highest BCUT2D eigenvalue weighted by Gasteiger charge is 2.08. The number of ether oxygens (including phenoxy) is 2. The minimum absolute atomic E-state index is 0. The zero-order valence-electron chi connectivity index (χ0n) is 21.6. The Kier molecular flexibility index (Phi) is 16.1. The Morgan fingerprint density at radius 1 is 0.842 bits per heavy atom. The fraction of sp³-hybridized carbons (Fsp3) is 0.222. The van der Waals surface area contributed by atoms with E-state index in [1.54, 1.807) is 26.2 Å². The molecule has 3 heterocycles. The lowest BCUT2D eigenvalue weighted by atomic mass is 10.3. The number of esters is 2. The van der Waals surface area contributed by atoms with E-state index in [2.05, 4.69) is 44.9 Å². The fourth-order valence-electron chi connectivity index (χ4n) is 2.82. The molecule has 0 saturated heterocycles. The van der Waals surface area contributed by atoms with Crippen molar-refractivity contribution in [2.45, 2.75) is 26.9 Å². The Balaban J connectivity index is 0.000000755. The number of pyridine rings is 1. The first-order valence-corrected chi connectivity index (χ1v) is 11.2. The SMILES string of the molecule is C=C(C)C(=O)OCCOC(=O)C(=C)C.C=Cn1cc[n+](Cc2cccc(C[n+]3ccn(C=C)c3)n2)c1.[Br-].[Br-]. The molecular weight excluding hydrogens is 618 g/mol. The number of halogens is 2. The van der Waals surface area contributed by atoms with Crippen LogP contribution in [0.3, 0.4) is 0 Å². The molecule has 0 bridgehead atoms. The molecule has 0 aliphatic rings. The van der Waals surface area contributed by atoms with Crippen molar-refractivity contribution in [3.05, 3.63) is 104 Å². The number of carbonyl (C=O) groups excluding carboxylic acids is 2. The summed E-state index contributed by atoms with van der Waals surface area (Å²) >= 11 is 0. The number of carbonyl (C=O) groups is 2. The molecule has 0 aliphatic carbocycles. The Bertz CT molecular complexity index is 1160. The second kappa shape index (κ2) is 17.8. The average Bonchev–Trinajstić information content (AvgIpc) is 3.51. The molecule has 11 heteroatoms. The van der Waals surface area contributed by atoms with Crippen LogP contribution in [0.15, 0.2) is 93.1 Å². The highest BCUT2D eigenvalue weighted by Crippen LogP contribution is 2.00. The van der Waals surface area contributed by atoms with Crippen LogP contribution in [0.1, 0.15) is 25.2 Å². The van der Waals surface area contributed by atoms with Gasteiger partial charge in [-0.15, -0.1) is 0 Å². The molecule has 0 aromatic carbocycles. The molecule has 0 radical (unpaired) electrons. The second-order valence-corrected chi connectivity index (χ2v) is 7.88.